The lowest BCUT2D eigenvalue weighted by atomic mass is 9.98. The molecule has 44 heavy (non-hydrogen) atoms. The van der Waals surface area contributed by atoms with E-state index in [1.54, 1.807) is 19.1 Å². The molecule has 0 saturated heterocycles. The Hall–Kier alpha value is -4.31. The predicted molar refractivity (Wildman–Crippen MR) is 162 cm³/mol. The Morgan fingerprint density at radius 2 is 1.80 bits per heavy atom. The van der Waals surface area contributed by atoms with Crippen LogP contribution in [-0.4, -0.2) is 40.1 Å². The van der Waals surface area contributed by atoms with E-state index in [1.165, 1.54) is 11.7 Å². The van der Waals surface area contributed by atoms with Gasteiger partial charge in [-0.3, -0.25) is 4.68 Å². The summed E-state index contributed by atoms with van der Waals surface area (Å²) in [5, 5.41) is 6.71. The average molecular weight is 606 g/mol. The number of aromatic nitrogens is 3. The van der Waals surface area contributed by atoms with Crippen molar-refractivity contribution in [3.05, 3.63) is 83.3 Å². The number of hydrogen-bond acceptors (Lipinski definition) is 5. The van der Waals surface area contributed by atoms with Gasteiger partial charge in [-0.1, -0.05) is 54.6 Å². The lowest BCUT2D eigenvalue weighted by molar-refractivity contribution is -0.140. The van der Waals surface area contributed by atoms with Crippen LogP contribution in [0.1, 0.15) is 53.6 Å². The molecule has 3 aromatic carbocycles. The minimum absolute atomic E-state index is 0.00485. The Morgan fingerprint density at radius 3 is 2.61 bits per heavy atom. The highest BCUT2D eigenvalue weighted by molar-refractivity contribution is 6.05. The van der Waals surface area contributed by atoms with Gasteiger partial charge in [0.1, 0.15) is 11.4 Å². The number of benzene rings is 3. The Morgan fingerprint density at radius 1 is 1.02 bits per heavy atom. The molecule has 6 rings (SSSR count). The van der Waals surface area contributed by atoms with Gasteiger partial charge in [0.15, 0.2) is 5.69 Å². The second-order valence-corrected chi connectivity index (χ2v) is 10.9. The fourth-order valence-electron chi connectivity index (χ4n) is 6.19. The van der Waals surface area contributed by atoms with E-state index in [2.05, 4.69) is 5.10 Å². The van der Waals surface area contributed by atoms with Crippen LogP contribution in [0.2, 0.25) is 0 Å². The SMILES string of the molecule is CCOC(=O)c1c(CCCOc2cccc3ccccc23)c2cccc3c2n1CCCCOCc1c-3c(C(F)(F)F)nn1C. The zero-order chi connectivity index (χ0) is 30.8. The van der Waals surface area contributed by atoms with Gasteiger partial charge in [0.05, 0.1) is 31.0 Å². The number of halogens is 3. The Bertz CT molecular complexity index is 1820. The van der Waals surface area contributed by atoms with Gasteiger partial charge in [0, 0.05) is 42.1 Å². The first-order valence-electron chi connectivity index (χ1n) is 14.9. The van der Waals surface area contributed by atoms with Crippen molar-refractivity contribution in [3.8, 4) is 16.9 Å². The maximum atomic E-state index is 14.4. The summed E-state index contributed by atoms with van der Waals surface area (Å²) in [6, 6.07) is 19.2. The molecular weight excluding hydrogens is 571 g/mol. The molecule has 1 aliphatic heterocycles. The van der Waals surface area contributed by atoms with E-state index >= 15 is 0 Å². The van der Waals surface area contributed by atoms with E-state index in [0.29, 0.717) is 67.9 Å². The van der Waals surface area contributed by atoms with Gasteiger partial charge in [0.25, 0.3) is 0 Å². The normalized spacial score (nSPS) is 13.9. The van der Waals surface area contributed by atoms with E-state index in [1.807, 2.05) is 53.1 Å². The Kier molecular flexibility index (Phi) is 8.35. The van der Waals surface area contributed by atoms with E-state index in [-0.39, 0.29) is 18.8 Å². The minimum Gasteiger partial charge on any atom is -0.493 e. The molecule has 0 unspecified atom stereocenters. The minimum atomic E-state index is -4.68. The van der Waals surface area contributed by atoms with Crippen LogP contribution in [0, 0.1) is 0 Å². The number of esters is 1. The van der Waals surface area contributed by atoms with Crippen LogP contribution in [0.25, 0.3) is 32.8 Å². The van der Waals surface area contributed by atoms with Gasteiger partial charge >= 0.3 is 12.1 Å². The van der Waals surface area contributed by atoms with Gasteiger partial charge in [-0.2, -0.15) is 18.3 Å². The maximum Gasteiger partial charge on any atom is 0.435 e. The van der Waals surface area contributed by atoms with Crippen molar-refractivity contribution in [2.45, 2.75) is 51.9 Å². The molecule has 0 amide bonds. The number of aryl methyl sites for hydroxylation is 3. The second kappa shape index (κ2) is 12.4. The Balaban J connectivity index is 1.46. The zero-order valence-corrected chi connectivity index (χ0v) is 24.7. The third-order valence-electron chi connectivity index (χ3n) is 8.10. The first-order valence-corrected chi connectivity index (χ1v) is 14.9. The molecule has 3 heterocycles. The quantitative estimate of drug-likeness (QED) is 0.140. The van der Waals surface area contributed by atoms with Crippen molar-refractivity contribution >= 4 is 27.6 Å². The number of alkyl halides is 3. The van der Waals surface area contributed by atoms with Gasteiger partial charge in [-0.15, -0.1) is 0 Å². The monoisotopic (exact) mass is 605 g/mol. The maximum absolute atomic E-state index is 14.4. The van der Waals surface area contributed by atoms with Crippen LogP contribution in [0.15, 0.2) is 60.7 Å². The Labute approximate surface area is 253 Å². The summed E-state index contributed by atoms with van der Waals surface area (Å²) in [4.78, 5) is 13.6. The molecule has 0 spiro atoms. The molecule has 0 aliphatic carbocycles. The molecule has 0 saturated carbocycles. The molecule has 0 bridgehead atoms. The standard InChI is InChI=1S/C34H34F3N3O4/c1-3-43-33(41)31-25(16-10-20-44-28-17-8-12-22-11-4-5-13-23(22)28)24-14-9-15-26-29-27(39(2)38-32(29)34(35,36)37)21-42-19-7-6-18-40(31)30(24)26/h4-5,8-9,11-15,17H,3,6-7,10,16,18-21H2,1-2H3. The highest BCUT2D eigenvalue weighted by Crippen LogP contribution is 2.43. The number of para-hydroxylation sites is 1. The molecule has 0 radical (unpaired) electrons. The van der Waals surface area contributed by atoms with Gasteiger partial charge < -0.3 is 18.8 Å². The zero-order valence-electron chi connectivity index (χ0n) is 24.7. The van der Waals surface area contributed by atoms with Crippen LogP contribution >= 0.6 is 0 Å². The summed E-state index contributed by atoms with van der Waals surface area (Å²) in [5.41, 5.74) is 1.40. The highest BCUT2D eigenvalue weighted by Gasteiger charge is 2.40. The molecule has 7 nitrogen and oxygen atoms in total. The number of ether oxygens (including phenoxy) is 3. The van der Waals surface area contributed by atoms with E-state index in [9.17, 15) is 18.0 Å². The summed E-state index contributed by atoms with van der Waals surface area (Å²) in [6.45, 7) is 3.11. The van der Waals surface area contributed by atoms with Crippen LogP contribution in [-0.2, 0) is 42.3 Å². The van der Waals surface area contributed by atoms with Gasteiger partial charge in [0.2, 0.25) is 0 Å². The number of carbonyl (C=O) groups excluding carboxylic acids is 1. The third-order valence-corrected chi connectivity index (χ3v) is 8.10. The first-order chi connectivity index (χ1) is 21.3. The summed E-state index contributed by atoms with van der Waals surface area (Å²) in [5.74, 6) is 0.284. The lowest BCUT2D eigenvalue weighted by Gasteiger charge is -2.14. The van der Waals surface area contributed by atoms with Crippen molar-refractivity contribution in [2.24, 2.45) is 7.05 Å². The number of carbonyl (C=O) groups is 1. The smallest absolute Gasteiger partial charge is 0.435 e. The van der Waals surface area contributed by atoms with Crippen molar-refractivity contribution in [1.82, 2.24) is 14.3 Å². The number of rotatable bonds is 7. The second-order valence-electron chi connectivity index (χ2n) is 10.9. The van der Waals surface area contributed by atoms with Crippen LogP contribution in [0.3, 0.4) is 0 Å². The number of nitrogens with zero attached hydrogens (tertiary/aromatic N) is 3. The van der Waals surface area contributed by atoms with E-state index < -0.39 is 17.8 Å². The molecular formula is C34H34F3N3O4. The first kappa shape index (κ1) is 29.7. The summed E-state index contributed by atoms with van der Waals surface area (Å²) >= 11 is 0. The van der Waals surface area contributed by atoms with Crippen LogP contribution in [0.4, 0.5) is 13.2 Å². The fraction of sp³-hybridized carbons (Fsp3) is 0.353. The predicted octanol–water partition coefficient (Wildman–Crippen LogP) is 7.71. The average Bonchev–Trinajstić information content (AvgIpc) is 3.50. The molecule has 1 aliphatic rings. The third kappa shape index (κ3) is 5.54. The topological polar surface area (TPSA) is 67.5 Å². The molecule has 2 aromatic heterocycles. The fourth-order valence-corrected chi connectivity index (χ4v) is 6.19. The molecule has 230 valence electrons. The summed E-state index contributed by atoms with van der Waals surface area (Å²) < 4.78 is 63.8. The van der Waals surface area contributed by atoms with Gasteiger partial charge in [-0.25, -0.2) is 4.79 Å². The van der Waals surface area contributed by atoms with Crippen molar-refractivity contribution in [1.29, 1.82) is 0 Å². The van der Waals surface area contributed by atoms with Crippen molar-refractivity contribution < 1.29 is 32.2 Å². The van der Waals surface area contributed by atoms with Crippen LogP contribution < -0.4 is 4.74 Å². The van der Waals surface area contributed by atoms with Crippen LogP contribution in [0.5, 0.6) is 5.75 Å². The van der Waals surface area contributed by atoms with Crippen molar-refractivity contribution in [3.63, 3.8) is 0 Å². The highest BCUT2D eigenvalue weighted by atomic mass is 19.4. The molecule has 10 heteroatoms. The van der Waals surface area contributed by atoms with Gasteiger partial charge in [-0.05, 0) is 49.6 Å². The number of fused-ring (bicyclic) bond motifs is 3. The summed E-state index contributed by atoms with van der Waals surface area (Å²) in [6.07, 6.45) is -2.27. The number of hydrogen-bond donors (Lipinski definition) is 0. The molecule has 0 atom stereocenters. The molecule has 5 aromatic rings. The summed E-state index contributed by atoms with van der Waals surface area (Å²) in [7, 11) is 1.50. The molecule has 0 N–H and O–H groups in total. The largest absolute Gasteiger partial charge is 0.493 e. The molecule has 0 fully saturated rings. The van der Waals surface area contributed by atoms with E-state index in [0.717, 1.165) is 27.5 Å². The van der Waals surface area contributed by atoms with Crippen molar-refractivity contribution in [2.75, 3.05) is 19.8 Å². The van der Waals surface area contributed by atoms with E-state index in [4.69, 9.17) is 14.2 Å². The lowest BCUT2D eigenvalue weighted by Crippen LogP contribution is -2.15.